The van der Waals surface area contributed by atoms with Gasteiger partial charge in [0, 0.05) is 0 Å². The van der Waals surface area contributed by atoms with Crippen LogP contribution in [0, 0.1) is 0 Å². The van der Waals surface area contributed by atoms with Gasteiger partial charge in [-0.1, -0.05) is 78.1 Å². The Kier molecular flexibility index (Phi) is 11.7. The number of hydrogen-bond acceptors (Lipinski definition) is 3. The fraction of sp³-hybridized carbons (Fsp3) is 0.850. The average molecular weight is 388 g/mol. The van der Waals surface area contributed by atoms with Gasteiger partial charge in [0.05, 0.1) is 19.3 Å². The molecule has 1 aromatic rings. The van der Waals surface area contributed by atoms with Gasteiger partial charge in [-0.05, 0) is 12.8 Å². The lowest BCUT2D eigenvalue weighted by atomic mass is 10.1. The van der Waals surface area contributed by atoms with Crippen LogP contribution in [0.4, 0.5) is 0 Å². The molecule has 0 atom stereocenters. The van der Waals surface area contributed by atoms with Crippen LogP contribution in [0.15, 0.2) is 12.4 Å². The maximum Gasteiger partial charge on any atom is 0.471 e. The average Bonchev–Trinajstić information content (AvgIpc) is 2.94. The van der Waals surface area contributed by atoms with E-state index >= 15 is 0 Å². The Morgan fingerprint density at radius 2 is 1.42 bits per heavy atom. The fourth-order valence-electron chi connectivity index (χ4n) is 3.04. The molecule has 0 saturated heterocycles. The summed E-state index contributed by atoms with van der Waals surface area (Å²) in [4.78, 5) is 0. The normalized spacial score (nSPS) is 11.8. The van der Waals surface area contributed by atoms with Gasteiger partial charge in [0.15, 0.2) is 0 Å². The number of unbranched alkanes of at least 4 members (excludes halogenated alkanes) is 10. The van der Waals surface area contributed by atoms with Crippen LogP contribution in [-0.4, -0.2) is 18.7 Å². The predicted octanol–water partition coefficient (Wildman–Crippen LogP) is 4.74. The van der Waals surface area contributed by atoms with Crippen molar-refractivity contribution >= 4 is 10.1 Å². The molecule has 1 heterocycles. The van der Waals surface area contributed by atoms with Crippen molar-refractivity contribution in [2.45, 2.75) is 97.4 Å². The third kappa shape index (κ3) is 9.60. The minimum absolute atomic E-state index is 0.0997. The number of aryl methyl sites for hydroxylation is 2. The zero-order valence-electron chi connectivity index (χ0n) is 17.1. The molecular weight excluding hydrogens is 348 g/mol. The van der Waals surface area contributed by atoms with Crippen LogP contribution in [-0.2, 0) is 23.7 Å². The third-order valence-corrected chi connectivity index (χ3v) is 5.91. The van der Waals surface area contributed by atoms with Crippen LogP contribution < -0.4 is 8.75 Å². The summed E-state index contributed by atoms with van der Waals surface area (Å²) in [5.41, 5.74) is 0. The highest BCUT2D eigenvalue weighted by atomic mass is 32.2. The smallest absolute Gasteiger partial charge is 0.308 e. The summed E-state index contributed by atoms with van der Waals surface area (Å²) in [7, 11) is -1.71. The lowest BCUT2D eigenvalue weighted by Gasteiger charge is -2.06. The van der Waals surface area contributed by atoms with E-state index in [-0.39, 0.29) is 5.75 Å². The van der Waals surface area contributed by atoms with Crippen molar-refractivity contribution in [2.75, 3.05) is 5.75 Å². The zero-order chi connectivity index (χ0) is 19.3. The highest BCUT2D eigenvalue weighted by Gasteiger charge is 2.23. The molecule has 1 rings (SSSR count). The molecule has 0 saturated carbocycles. The van der Waals surface area contributed by atoms with Crippen molar-refractivity contribution in [3.05, 3.63) is 12.4 Å². The maximum absolute atomic E-state index is 12.3. The van der Waals surface area contributed by atoms with Gasteiger partial charge in [-0.2, -0.15) is 17.6 Å². The van der Waals surface area contributed by atoms with Crippen LogP contribution in [0.1, 0.15) is 90.9 Å². The van der Waals surface area contributed by atoms with Crippen LogP contribution in [0.25, 0.3) is 0 Å². The molecule has 0 amide bonds. The third-order valence-electron chi connectivity index (χ3n) is 4.72. The molecule has 0 N–H and O–H groups in total. The molecule has 152 valence electrons. The fourth-order valence-corrected chi connectivity index (χ4v) is 4.12. The number of aromatic nitrogens is 2. The van der Waals surface area contributed by atoms with Gasteiger partial charge < -0.3 is 4.18 Å². The number of nitrogens with zero attached hydrogens (tertiary/aromatic N) is 2. The molecule has 5 nitrogen and oxygen atoms in total. The van der Waals surface area contributed by atoms with Gasteiger partial charge >= 0.3 is 16.1 Å². The first-order valence-corrected chi connectivity index (χ1v) is 12.0. The van der Waals surface area contributed by atoms with Crippen molar-refractivity contribution in [3.63, 3.8) is 0 Å². The molecular formula is C20H39N2O3S+. The van der Waals surface area contributed by atoms with E-state index in [4.69, 9.17) is 4.18 Å². The molecule has 26 heavy (non-hydrogen) atoms. The Labute approximate surface area is 160 Å². The first-order chi connectivity index (χ1) is 12.5. The van der Waals surface area contributed by atoms with E-state index in [0.717, 1.165) is 32.2 Å². The first-order valence-electron chi connectivity index (χ1n) is 10.5. The van der Waals surface area contributed by atoms with Gasteiger partial charge in [-0.3, -0.25) is 0 Å². The van der Waals surface area contributed by atoms with Crippen molar-refractivity contribution in [3.8, 4) is 6.01 Å². The second kappa shape index (κ2) is 13.2. The molecule has 6 heteroatoms. The number of hydrogen-bond donors (Lipinski definition) is 0. The standard InChI is InChI=1S/C20H39N2O3S/c1-4-6-8-9-10-11-12-13-14-15-19-26(23,24)25-20-21(3)17-18-22(20)16-7-5-2/h17-18H,4-16,19H2,1-3H3/q+1. The number of imidazole rings is 1. The molecule has 0 bridgehead atoms. The van der Waals surface area contributed by atoms with Crippen molar-refractivity contribution < 1.29 is 17.2 Å². The summed E-state index contributed by atoms with van der Waals surface area (Å²) < 4.78 is 33.5. The molecule has 1 aromatic heterocycles. The molecule has 0 fully saturated rings. The molecule has 0 radical (unpaired) electrons. The Balaban J connectivity index is 2.23. The molecule has 0 aliphatic heterocycles. The first kappa shape index (κ1) is 23.0. The highest BCUT2D eigenvalue weighted by Crippen LogP contribution is 2.13. The van der Waals surface area contributed by atoms with E-state index in [1.165, 1.54) is 44.9 Å². The van der Waals surface area contributed by atoms with Crippen LogP contribution in [0.3, 0.4) is 0 Å². The number of rotatable bonds is 16. The summed E-state index contributed by atoms with van der Waals surface area (Å²) in [5.74, 6) is 0.0997. The molecule has 0 spiro atoms. The second-order valence-corrected chi connectivity index (χ2v) is 8.96. The molecule has 0 aliphatic rings. The Bertz CT molecular complexity index is 582. The lowest BCUT2D eigenvalue weighted by Crippen LogP contribution is -2.31. The second-order valence-electron chi connectivity index (χ2n) is 7.27. The van der Waals surface area contributed by atoms with Crippen molar-refractivity contribution in [2.24, 2.45) is 7.05 Å². The minimum Gasteiger partial charge on any atom is -0.308 e. The highest BCUT2D eigenvalue weighted by molar-refractivity contribution is 7.87. The largest absolute Gasteiger partial charge is 0.471 e. The summed E-state index contributed by atoms with van der Waals surface area (Å²) >= 11 is 0. The summed E-state index contributed by atoms with van der Waals surface area (Å²) in [6.45, 7) is 5.13. The minimum atomic E-state index is -3.52. The van der Waals surface area contributed by atoms with Gasteiger partial charge in [-0.15, -0.1) is 0 Å². The summed E-state index contributed by atoms with van der Waals surface area (Å²) in [6.07, 6.45) is 17.6. The summed E-state index contributed by atoms with van der Waals surface area (Å²) in [6, 6.07) is 0.408. The predicted molar refractivity (Wildman–Crippen MR) is 107 cm³/mol. The monoisotopic (exact) mass is 387 g/mol. The van der Waals surface area contributed by atoms with Crippen molar-refractivity contribution in [1.29, 1.82) is 0 Å². The van der Waals surface area contributed by atoms with Gasteiger partial charge in [0.1, 0.15) is 12.4 Å². The van der Waals surface area contributed by atoms with Crippen LogP contribution in [0.2, 0.25) is 0 Å². The van der Waals surface area contributed by atoms with Gasteiger partial charge in [-0.25, -0.2) is 0 Å². The van der Waals surface area contributed by atoms with Crippen LogP contribution >= 0.6 is 0 Å². The van der Waals surface area contributed by atoms with E-state index < -0.39 is 10.1 Å². The van der Waals surface area contributed by atoms with Crippen molar-refractivity contribution in [1.82, 2.24) is 4.57 Å². The Morgan fingerprint density at radius 1 is 0.885 bits per heavy atom. The van der Waals surface area contributed by atoms with E-state index in [1.54, 1.807) is 4.57 Å². The van der Waals surface area contributed by atoms with E-state index in [9.17, 15) is 8.42 Å². The topological polar surface area (TPSA) is 52.2 Å². The summed E-state index contributed by atoms with van der Waals surface area (Å²) in [5, 5.41) is 0. The lowest BCUT2D eigenvalue weighted by molar-refractivity contribution is -0.674. The molecule has 0 aromatic carbocycles. The van der Waals surface area contributed by atoms with Crippen LogP contribution in [0.5, 0.6) is 6.01 Å². The molecule has 0 unspecified atom stereocenters. The Morgan fingerprint density at radius 3 is 2.00 bits per heavy atom. The van der Waals surface area contributed by atoms with E-state index in [2.05, 4.69) is 13.8 Å². The molecule has 0 aliphatic carbocycles. The SMILES string of the molecule is CCCCCCCCCCCCS(=O)(=O)Oc1n(CCCC)cc[n+]1C. The Hall–Kier alpha value is -1.04. The zero-order valence-corrected chi connectivity index (χ0v) is 17.9. The van der Waals surface area contributed by atoms with Gasteiger partial charge in [0.25, 0.3) is 0 Å². The quantitative estimate of drug-likeness (QED) is 0.234. The van der Waals surface area contributed by atoms with E-state index in [0.29, 0.717) is 12.4 Å². The maximum atomic E-state index is 12.3. The van der Waals surface area contributed by atoms with Gasteiger partial charge in [0.2, 0.25) is 0 Å². The van der Waals surface area contributed by atoms with E-state index in [1.807, 2.05) is 24.0 Å².